The summed E-state index contributed by atoms with van der Waals surface area (Å²) in [5, 5.41) is 9.12. The number of rotatable bonds is 15. The minimum atomic E-state index is -1.36. The van der Waals surface area contributed by atoms with Gasteiger partial charge in [-0.2, -0.15) is 0 Å². The molecule has 0 aromatic heterocycles. The van der Waals surface area contributed by atoms with E-state index in [2.05, 4.69) is 51.0 Å². The van der Waals surface area contributed by atoms with Crippen LogP contribution in [0.3, 0.4) is 0 Å². The van der Waals surface area contributed by atoms with E-state index < -0.39 is 11.6 Å². The molecule has 0 unspecified atom stereocenters. The highest BCUT2D eigenvalue weighted by molar-refractivity contribution is 9.10. The normalized spacial score (nSPS) is 16.7. The third-order valence-corrected chi connectivity index (χ3v) is 9.18. The molecule has 256 valence electrons. The summed E-state index contributed by atoms with van der Waals surface area (Å²) in [5.41, 5.74) is 10.5. The molecular formula is C41H40BrN3O5. The Morgan fingerprint density at radius 2 is 1.54 bits per heavy atom. The van der Waals surface area contributed by atoms with Gasteiger partial charge in [0.15, 0.2) is 11.6 Å². The van der Waals surface area contributed by atoms with Gasteiger partial charge in [0.1, 0.15) is 11.5 Å². The standard InChI is InChI=1S/C41H40BrN3O5/c1-48-37-11-6-5-10-32(37)24-25-43-45-40(47)41(28-29-12-20-35(42)21-13-29)38(33-16-14-31(15-17-33)30-8-3-2-4-9-30)50-39(44-41)34-18-22-36(23-19-34)49-27-7-26-46/h2-6,8-23,38,43,46H,7,24-28H2,1H3,(H,45,47)/t38-,41-/m0/s1. The average molecular weight is 735 g/mol. The zero-order valence-corrected chi connectivity index (χ0v) is 29.4. The van der Waals surface area contributed by atoms with Gasteiger partial charge in [-0.05, 0) is 76.7 Å². The van der Waals surface area contributed by atoms with Crippen molar-refractivity contribution >= 4 is 27.7 Å². The predicted octanol–water partition coefficient (Wildman–Crippen LogP) is 7.25. The van der Waals surface area contributed by atoms with Crippen molar-refractivity contribution in [2.24, 2.45) is 4.99 Å². The van der Waals surface area contributed by atoms with Crippen LogP contribution in [0, 0.1) is 0 Å². The number of halogens is 1. The highest BCUT2D eigenvalue weighted by Gasteiger charge is 2.53. The largest absolute Gasteiger partial charge is 0.496 e. The van der Waals surface area contributed by atoms with Crippen molar-refractivity contribution in [2.45, 2.75) is 30.9 Å². The molecule has 2 atom stereocenters. The first-order chi connectivity index (χ1) is 24.5. The molecule has 0 saturated heterocycles. The summed E-state index contributed by atoms with van der Waals surface area (Å²) in [4.78, 5) is 19.7. The van der Waals surface area contributed by atoms with Crippen LogP contribution in [-0.2, 0) is 22.4 Å². The molecular weight excluding hydrogens is 694 g/mol. The zero-order valence-electron chi connectivity index (χ0n) is 27.8. The first-order valence-corrected chi connectivity index (χ1v) is 17.4. The molecule has 0 saturated carbocycles. The number of hydrazine groups is 1. The molecule has 1 heterocycles. The molecule has 1 aliphatic heterocycles. The molecule has 8 nitrogen and oxygen atoms in total. The first kappa shape index (κ1) is 34.9. The van der Waals surface area contributed by atoms with Crippen molar-refractivity contribution in [2.75, 3.05) is 26.9 Å². The van der Waals surface area contributed by atoms with E-state index in [-0.39, 0.29) is 18.9 Å². The molecule has 50 heavy (non-hydrogen) atoms. The molecule has 3 N–H and O–H groups in total. The van der Waals surface area contributed by atoms with E-state index in [9.17, 15) is 4.79 Å². The average Bonchev–Trinajstić information content (AvgIpc) is 3.55. The number of methoxy groups -OCH3 is 1. The molecule has 0 spiro atoms. The predicted molar refractivity (Wildman–Crippen MR) is 199 cm³/mol. The lowest BCUT2D eigenvalue weighted by Gasteiger charge is -2.31. The number of nitrogens with one attached hydrogen (secondary N) is 2. The van der Waals surface area contributed by atoms with Crippen molar-refractivity contribution in [3.63, 3.8) is 0 Å². The Balaban J connectivity index is 1.34. The summed E-state index contributed by atoms with van der Waals surface area (Å²) in [6, 6.07) is 41.5. The quantitative estimate of drug-likeness (QED) is 0.0775. The SMILES string of the molecule is COc1ccccc1CCNNC(=O)[C@@]1(Cc2ccc(Br)cc2)N=C(c2ccc(OCCCO)cc2)O[C@H]1c1ccc(-c2ccccc2)cc1. The molecule has 0 radical (unpaired) electrons. The molecule has 0 aliphatic carbocycles. The smallest absolute Gasteiger partial charge is 0.266 e. The van der Waals surface area contributed by atoms with Gasteiger partial charge in [0, 0.05) is 36.0 Å². The molecule has 1 amide bonds. The molecule has 9 heteroatoms. The number of hydrogen-bond acceptors (Lipinski definition) is 7. The number of carbonyl (C=O) groups excluding carboxylic acids is 1. The topological polar surface area (TPSA) is 101 Å². The Hall–Kier alpha value is -4.96. The number of carbonyl (C=O) groups is 1. The van der Waals surface area contributed by atoms with Gasteiger partial charge in [-0.3, -0.25) is 10.2 Å². The van der Waals surface area contributed by atoms with Crippen LogP contribution in [-0.4, -0.2) is 49.3 Å². The van der Waals surface area contributed by atoms with Gasteiger partial charge in [-0.1, -0.05) is 101 Å². The zero-order chi connectivity index (χ0) is 34.8. The number of hydrogen-bond donors (Lipinski definition) is 3. The van der Waals surface area contributed by atoms with Gasteiger partial charge in [-0.15, -0.1) is 0 Å². The Labute approximate surface area is 301 Å². The maximum absolute atomic E-state index is 14.6. The number of ether oxygens (including phenoxy) is 3. The molecule has 1 aliphatic rings. The highest BCUT2D eigenvalue weighted by Crippen LogP contribution is 2.43. The summed E-state index contributed by atoms with van der Waals surface area (Å²) >= 11 is 3.54. The molecule has 0 fully saturated rings. The fourth-order valence-electron chi connectivity index (χ4n) is 6.03. The van der Waals surface area contributed by atoms with Crippen LogP contribution in [0.4, 0.5) is 0 Å². The summed E-state index contributed by atoms with van der Waals surface area (Å²) in [6.07, 6.45) is 0.745. The van der Waals surface area contributed by atoms with Crippen molar-refractivity contribution in [1.29, 1.82) is 0 Å². The maximum atomic E-state index is 14.6. The molecule has 5 aromatic carbocycles. The third kappa shape index (κ3) is 8.25. The van der Waals surface area contributed by atoms with E-state index >= 15 is 0 Å². The van der Waals surface area contributed by atoms with E-state index in [0.29, 0.717) is 37.6 Å². The maximum Gasteiger partial charge on any atom is 0.266 e. The summed E-state index contributed by atoms with van der Waals surface area (Å²) in [6.45, 7) is 0.954. The van der Waals surface area contributed by atoms with Crippen LogP contribution >= 0.6 is 15.9 Å². The lowest BCUT2D eigenvalue weighted by molar-refractivity contribution is -0.130. The van der Waals surface area contributed by atoms with Gasteiger partial charge >= 0.3 is 0 Å². The molecule has 6 rings (SSSR count). The lowest BCUT2D eigenvalue weighted by Crippen LogP contribution is -2.54. The minimum Gasteiger partial charge on any atom is -0.496 e. The van der Waals surface area contributed by atoms with Gasteiger partial charge in [0.2, 0.25) is 5.90 Å². The van der Waals surface area contributed by atoms with E-state index in [1.165, 1.54) is 0 Å². The Bertz CT molecular complexity index is 1880. The number of aliphatic hydroxyl groups is 1. The molecule has 0 bridgehead atoms. The van der Waals surface area contributed by atoms with E-state index in [1.54, 1.807) is 7.11 Å². The lowest BCUT2D eigenvalue weighted by atomic mass is 9.82. The second-order valence-electron chi connectivity index (χ2n) is 12.0. The van der Waals surface area contributed by atoms with Crippen LogP contribution in [0.1, 0.15) is 34.8 Å². The van der Waals surface area contributed by atoms with Crippen molar-refractivity contribution in [3.05, 3.63) is 154 Å². The first-order valence-electron chi connectivity index (χ1n) is 16.6. The van der Waals surface area contributed by atoms with Crippen LogP contribution < -0.4 is 20.3 Å². The number of aliphatic imine (C=N–C) groups is 1. The fourth-order valence-corrected chi connectivity index (χ4v) is 6.30. The monoisotopic (exact) mass is 733 g/mol. The number of benzene rings is 5. The van der Waals surface area contributed by atoms with Crippen molar-refractivity contribution < 1.29 is 24.1 Å². The van der Waals surface area contributed by atoms with Crippen molar-refractivity contribution in [1.82, 2.24) is 10.9 Å². The summed E-state index contributed by atoms with van der Waals surface area (Å²) < 4.78 is 18.9. The second kappa shape index (κ2) is 16.6. The summed E-state index contributed by atoms with van der Waals surface area (Å²) in [5.74, 6) is 1.53. The minimum absolute atomic E-state index is 0.0638. The number of amides is 1. The van der Waals surface area contributed by atoms with E-state index in [0.717, 1.165) is 43.6 Å². The highest BCUT2D eigenvalue weighted by atomic mass is 79.9. The third-order valence-electron chi connectivity index (χ3n) is 8.65. The van der Waals surface area contributed by atoms with Crippen LogP contribution in [0.5, 0.6) is 11.5 Å². The van der Waals surface area contributed by atoms with Gasteiger partial charge in [0.05, 0.1) is 13.7 Å². The van der Waals surface area contributed by atoms with Crippen LogP contribution in [0.2, 0.25) is 0 Å². The number of para-hydroxylation sites is 1. The molecule has 5 aromatic rings. The van der Waals surface area contributed by atoms with E-state index in [4.69, 9.17) is 24.3 Å². The van der Waals surface area contributed by atoms with Gasteiger partial charge < -0.3 is 19.3 Å². The number of nitrogens with zero attached hydrogens (tertiary/aromatic N) is 1. The van der Waals surface area contributed by atoms with Gasteiger partial charge in [0.25, 0.3) is 5.91 Å². The van der Waals surface area contributed by atoms with Gasteiger partial charge in [-0.25, -0.2) is 10.4 Å². The second-order valence-corrected chi connectivity index (χ2v) is 12.9. The summed E-state index contributed by atoms with van der Waals surface area (Å²) in [7, 11) is 1.65. The van der Waals surface area contributed by atoms with E-state index in [1.807, 2.05) is 103 Å². The Morgan fingerprint density at radius 1 is 0.860 bits per heavy atom. The Morgan fingerprint density at radius 3 is 2.26 bits per heavy atom. The Kier molecular flexibility index (Phi) is 11.6. The number of aliphatic hydroxyl groups excluding tert-OH is 1. The van der Waals surface area contributed by atoms with Crippen molar-refractivity contribution in [3.8, 4) is 22.6 Å². The fraction of sp³-hybridized carbons (Fsp3) is 0.220. The van der Waals surface area contributed by atoms with Crippen LogP contribution in [0.15, 0.2) is 137 Å². The van der Waals surface area contributed by atoms with Crippen LogP contribution in [0.25, 0.3) is 11.1 Å².